The summed E-state index contributed by atoms with van der Waals surface area (Å²) in [6.07, 6.45) is 1.41. The molecule has 3 rings (SSSR count). The van der Waals surface area contributed by atoms with Gasteiger partial charge < -0.3 is 15.2 Å². The number of nitrogens with zero attached hydrogens (tertiary/aromatic N) is 3. The fourth-order valence-electron chi connectivity index (χ4n) is 3.39. The molecule has 1 heterocycles. The Morgan fingerprint density at radius 2 is 1.60 bits per heavy atom. The van der Waals surface area contributed by atoms with Crippen LogP contribution < -0.4 is 5.32 Å². The second kappa shape index (κ2) is 11.3. The maximum absolute atomic E-state index is 11.9. The lowest BCUT2D eigenvalue weighted by Crippen LogP contribution is -2.15. The molecule has 0 bridgehead atoms. The monoisotopic (exact) mass is 526 g/mol. The van der Waals surface area contributed by atoms with Crippen LogP contribution in [-0.2, 0) is 37.8 Å². The summed E-state index contributed by atoms with van der Waals surface area (Å²) in [6.45, 7) is 2.80. The molecule has 0 saturated carbocycles. The highest BCUT2D eigenvalue weighted by Crippen LogP contribution is 2.28. The number of aliphatic hydroxyl groups is 1. The summed E-state index contributed by atoms with van der Waals surface area (Å²) < 4.78 is 71.0. The molecule has 3 aromatic rings. The Bertz CT molecular complexity index is 1410. The molecule has 0 unspecified atom stereocenters. The molecule has 0 aliphatic carbocycles. The lowest BCUT2D eigenvalue weighted by atomic mass is 10.0. The Hall–Kier alpha value is -2.75. The van der Waals surface area contributed by atoms with Crippen molar-refractivity contribution < 1.29 is 35.8 Å². The van der Waals surface area contributed by atoms with Crippen LogP contribution >= 0.6 is 0 Å². The number of anilines is 1. The van der Waals surface area contributed by atoms with Crippen molar-refractivity contribution in [3.05, 3.63) is 47.5 Å². The number of ether oxygens (including phenoxy) is 1. The van der Waals surface area contributed by atoms with Crippen LogP contribution in [0, 0.1) is 0 Å². The van der Waals surface area contributed by atoms with Crippen LogP contribution in [0.3, 0.4) is 0 Å². The molecular weight excluding hydrogens is 500 g/mol. The number of aliphatic hydroxyl groups excluding tert-OH is 1. The zero-order chi connectivity index (χ0) is 25.6. The van der Waals surface area contributed by atoms with E-state index in [0.29, 0.717) is 48.1 Å². The van der Waals surface area contributed by atoms with Crippen molar-refractivity contribution in [3.8, 4) is 0 Å². The molecule has 190 valence electrons. The quantitative estimate of drug-likeness (QED) is 0.197. The largest absolute Gasteiger partial charge is 0.394 e. The minimum atomic E-state index is -4.61. The van der Waals surface area contributed by atoms with Crippen LogP contribution in [-0.4, -0.2) is 72.4 Å². The molecule has 0 atom stereocenters. The number of rotatable bonds is 12. The Labute approximate surface area is 202 Å². The maximum Gasteiger partial charge on any atom is 0.294 e. The molecule has 0 saturated heterocycles. The number of fused-ring (bicyclic) bond motifs is 1. The maximum atomic E-state index is 11.9. The van der Waals surface area contributed by atoms with E-state index in [1.54, 1.807) is 0 Å². The Morgan fingerprint density at radius 3 is 2.26 bits per heavy atom. The van der Waals surface area contributed by atoms with Gasteiger partial charge in [0.05, 0.1) is 29.6 Å². The fraction of sp³-hybridized carbons (Fsp3) is 0.381. The SMILES string of the molecule is CCCc1nc(Cc2cc(S(=O)(=O)O)cc3cc(S(=O)(=O)O)ccc23)nc(NCCOCCO)n1. The van der Waals surface area contributed by atoms with E-state index >= 15 is 0 Å². The highest BCUT2D eigenvalue weighted by Gasteiger charge is 2.18. The van der Waals surface area contributed by atoms with Gasteiger partial charge in [-0.3, -0.25) is 9.11 Å². The molecule has 14 heteroatoms. The van der Waals surface area contributed by atoms with Crippen LogP contribution in [0.4, 0.5) is 5.95 Å². The predicted molar refractivity (Wildman–Crippen MR) is 127 cm³/mol. The number of hydrogen-bond donors (Lipinski definition) is 4. The van der Waals surface area contributed by atoms with Crippen molar-refractivity contribution in [1.82, 2.24) is 15.0 Å². The minimum Gasteiger partial charge on any atom is -0.394 e. The van der Waals surface area contributed by atoms with E-state index in [1.165, 1.54) is 18.2 Å². The molecule has 0 aliphatic heterocycles. The van der Waals surface area contributed by atoms with E-state index in [1.807, 2.05) is 6.92 Å². The van der Waals surface area contributed by atoms with Gasteiger partial charge in [-0.15, -0.1) is 0 Å². The summed E-state index contributed by atoms with van der Waals surface area (Å²) in [5, 5.41) is 12.5. The van der Waals surface area contributed by atoms with Crippen LogP contribution in [0.2, 0.25) is 0 Å². The number of benzene rings is 2. The number of nitrogens with one attached hydrogen (secondary N) is 1. The lowest BCUT2D eigenvalue weighted by Gasteiger charge is -2.12. The third-order valence-electron chi connectivity index (χ3n) is 4.89. The number of hydrogen-bond acceptors (Lipinski definition) is 10. The lowest BCUT2D eigenvalue weighted by molar-refractivity contribution is 0.0991. The van der Waals surface area contributed by atoms with E-state index in [4.69, 9.17) is 9.84 Å². The zero-order valence-corrected chi connectivity index (χ0v) is 20.5. The highest BCUT2D eigenvalue weighted by molar-refractivity contribution is 7.86. The molecule has 0 fully saturated rings. The predicted octanol–water partition coefficient (Wildman–Crippen LogP) is 1.48. The Morgan fingerprint density at radius 1 is 0.914 bits per heavy atom. The van der Waals surface area contributed by atoms with E-state index in [-0.39, 0.29) is 25.0 Å². The summed E-state index contributed by atoms with van der Waals surface area (Å²) in [5.41, 5.74) is 0.419. The molecule has 2 aromatic carbocycles. The first-order valence-corrected chi connectivity index (χ1v) is 13.6. The standard InChI is InChI=1S/C21H26N4O8S2/c1-2-3-19-23-20(25-21(24-19)22-6-8-33-9-7-26)13-15-12-17(35(30,31)32)11-14-10-16(34(27,28)29)4-5-18(14)15/h4-5,10-12,26H,2-3,6-9,13H2,1H3,(H,27,28,29)(H,30,31,32)(H,22,23,24,25). The smallest absolute Gasteiger partial charge is 0.294 e. The van der Waals surface area contributed by atoms with Crippen molar-refractivity contribution in [2.75, 3.05) is 31.7 Å². The van der Waals surface area contributed by atoms with E-state index in [0.717, 1.165) is 18.6 Å². The van der Waals surface area contributed by atoms with Gasteiger partial charge in [0.15, 0.2) is 0 Å². The van der Waals surface area contributed by atoms with Gasteiger partial charge in [0.2, 0.25) is 5.95 Å². The van der Waals surface area contributed by atoms with Crippen LogP contribution in [0.5, 0.6) is 0 Å². The molecule has 12 nitrogen and oxygen atoms in total. The van der Waals surface area contributed by atoms with Crippen molar-refractivity contribution >= 4 is 37.0 Å². The van der Waals surface area contributed by atoms with Gasteiger partial charge in [0, 0.05) is 19.4 Å². The second-order valence-corrected chi connectivity index (χ2v) is 10.4. The van der Waals surface area contributed by atoms with E-state index in [2.05, 4.69) is 20.3 Å². The average molecular weight is 527 g/mol. The zero-order valence-electron chi connectivity index (χ0n) is 18.9. The molecule has 0 spiro atoms. The molecule has 35 heavy (non-hydrogen) atoms. The average Bonchev–Trinajstić information content (AvgIpc) is 2.77. The normalized spacial score (nSPS) is 12.2. The van der Waals surface area contributed by atoms with Crippen LogP contribution in [0.15, 0.2) is 40.1 Å². The van der Waals surface area contributed by atoms with Gasteiger partial charge in [0.25, 0.3) is 20.2 Å². The minimum absolute atomic E-state index is 0.0556. The fourth-order valence-corrected chi connectivity index (χ4v) is 4.47. The van der Waals surface area contributed by atoms with Gasteiger partial charge in [-0.05, 0) is 47.0 Å². The Balaban J connectivity index is 2.03. The van der Waals surface area contributed by atoms with E-state index < -0.39 is 30.0 Å². The second-order valence-electron chi connectivity index (χ2n) is 7.60. The third-order valence-corrected chi connectivity index (χ3v) is 6.58. The molecule has 0 aliphatic rings. The highest BCUT2D eigenvalue weighted by atomic mass is 32.2. The first-order valence-electron chi connectivity index (χ1n) is 10.7. The van der Waals surface area contributed by atoms with Gasteiger partial charge in [-0.2, -0.15) is 26.8 Å². The molecule has 1 aromatic heterocycles. The van der Waals surface area contributed by atoms with Gasteiger partial charge in [-0.1, -0.05) is 13.0 Å². The van der Waals surface area contributed by atoms with Crippen LogP contribution in [0.1, 0.15) is 30.6 Å². The summed E-state index contributed by atoms with van der Waals surface area (Å²) in [7, 11) is -9.14. The third kappa shape index (κ3) is 7.37. The topological polar surface area (TPSA) is 189 Å². The molecule has 0 radical (unpaired) electrons. The van der Waals surface area contributed by atoms with Crippen molar-refractivity contribution in [2.45, 2.75) is 36.0 Å². The molecule has 4 N–H and O–H groups in total. The van der Waals surface area contributed by atoms with Crippen molar-refractivity contribution in [2.24, 2.45) is 0 Å². The Kier molecular flexibility index (Phi) is 8.69. The number of aromatic nitrogens is 3. The molecule has 0 amide bonds. The summed E-state index contributed by atoms with van der Waals surface area (Å²) in [6, 6.07) is 6.15. The summed E-state index contributed by atoms with van der Waals surface area (Å²) in [5.74, 6) is 1.16. The van der Waals surface area contributed by atoms with E-state index in [9.17, 15) is 25.9 Å². The number of aryl methyl sites for hydroxylation is 1. The van der Waals surface area contributed by atoms with Gasteiger partial charge >= 0.3 is 0 Å². The first kappa shape index (κ1) is 26.8. The summed E-state index contributed by atoms with van der Waals surface area (Å²) in [4.78, 5) is 12.4. The van der Waals surface area contributed by atoms with Crippen molar-refractivity contribution in [3.63, 3.8) is 0 Å². The van der Waals surface area contributed by atoms with Crippen LogP contribution in [0.25, 0.3) is 10.8 Å². The van der Waals surface area contributed by atoms with Crippen molar-refractivity contribution in [1.29, 1.82) is 0 Å². The molecular formula is C21H26N4O8S2. The van der Waals surface area contributed by atoms with Gasteiger partial charge in [-0.25, -0.2) is 4.98 Å². The van der Waals surface area contributed by atoms with Gasteiger partial charge in [0.1, 0.15) is 11.6 Å². The first-order chi connectivity index (χ1) is 16.5. The summed E-state index contributed by atoms with van der Waals surface area (Å²) >= 11 is 0.